The van der Waals surface area contributed by atoms with Crippen LogP contribution in [0.15, 0.2) is 5.16 Å². The van der Waals surface area contributed by atoms with Crippen LogP contribution in [0.3, 0.4) is 0 Å². The smallest absolute Gasteiger partial charge is 0.353 e. The number of nitrogens with one attached hydrogen (secondary N) is 1. The summed E-state index contributed by atoms with van der Waals surface area (Å²) >= 11 is 0. The average Bonchev–Trinajstić information content (AvgIpc) is 2.15. The molecule has 1 unspecified atom stereocenters. The van der Waals surface area contributed by atoms with E-state index in [-0.39, 0.29) is 16.8 Å². The van der Waals surface area contributed by atoms with Gasteiger partial charge >= 0.3 is 5.69 Å². The van der Waals surface area contributed by atoms with Crippen LogP contribution < -0.4 is 11.1 Å². The van der Waals surface area contributed by atoms with Crippen LogP contribution in [-0.4, -0.2) is 32.4 Å². The first-order chi connectivity index (χ1) is 6.97. The number of anilines is 2. The van der Waals surface area contributed by atoms with E-state index >= 15 is 0 Å². The molecule has 0 fully saturated rings. The lowest BCUT2D eigenvalue weighted by molar-refractivity contribution is -0.383. The zero-order valence-electron chi connectivity index (χ0n) is 8.05. The quantitative estimate of drug-likeness (QED) is 0.417. The fourth-order valence-corrected chi connectivity index (χ4v) is 1.38. The lowest BCUT2D eigenvalue weighted by atomic mass is 10.4. The van der Waals surface area contributed by atoms with Crippen molar-refractivity contribution in [1.82, 2.24) is 9.97 Å². The van der Waals surface area contributed by atoms with E-state index in [4.69, 9.17) is 5.73 Å². The van der Waals surface area contributed by atoms with E-state index < -0.39 is 21.4 Å². The van der Waals surface area contributed by atoms with E-state index in [0.29, 0.717) is 0 Å². The van der Waals surface area contributed by atoms with E-state index in [2.05, 4.69) is 15.3 Å². The molecule has 0 saturated heterocycles. The second-order valence-corrected chi connectivity index (χ2v) is 3.82. The maximum absolute atomic E-state index is 11.1. The highest BCUT2D eigenvalue weighted by Gasteiger charge is 2.22. The maximum atomic E-state index is 11.1. The van der Waals surface area contributed by atoms with E-state index in [1.807, 2.05) is 0 Å². The second-order valence-electron chi connectivity index (χ2n) is 2.55. The topological polar surface area (TPSA) is 124 Å². The molecule has 15 heavy (non-hydrogen) atoms. The van der Waals surface area contributed by atoms with Gasteiger partial charge in [0.2, 0.25) is 16.8 Å². The van der Waals surface area contributed by atoms with Gasteiger partial charge in [-0.2, -0.15) is 9.97 Å². The summed E-state index contributed by atoms with van der Waals surface area (Å²) in [7, 11) is 0.0181. The van der Waals surface area contributed by atoms with Crippen LogP contribution in [0.1, 0.15) is 0 Å². The number of nitro groups is 1. The summed E-state index contributed by atoms with van der Waals surface area (Å²) in [5, 5.41) is 13.1. The molecule has 8 nitrogen and oxygen atoms in total. The van der Waals surface area contributed by atoms with Crippen molar-refractivity contribution in [2.75, 3.05) is 24.4 Å². The first-order valence-corrected chi connectivity index (χ1v) is 5.36. The number of nitrogens with zero attached hydrogens (tertiary/aromatic N) is 3. The van der Waals surface area contributed by atoms with Gasteiger partial charge in [0.15, 0.2) is 0 Å². The highest BCUT2D eigenvalue weighted by atomic mass is 32.2. The van der Waals surface area contributed by atoms with Crippen molar-refractivity contribution in [2.45, 2.75) is 5.16 Å². The number of nitrogens with two attached hydrogens (primary N) is 1. The van der Waals surface area contributed by atoms with Gasteiger partial charge in [0.1, 0.15) is 0 Å². The van der Waals surface area contributed by atoms with Gasteiger partial charge in [-0.3, -0.25) is 14.3 Å². The minimum atomic E-state index is -1.44. The summed E-state index contributed by atoms with van der Waals surface area (Å²) in [6.45, 7) is 0. The molecule has 0 spiro atoms. The fourth-order valence-electron chi connectivity index (χ4n) is 0.934. The van der Waals surface area contributed by atoms with Crippen LogP contribution in [-0.2, 0) is 10.8 Å². The molecule has 1 aromatic heterocycles. The summed E-state index contributed by atoms with van der Waals surface area (Å²) in [6, 6.07) is 0. The van der Waals surface area contributed by atoms with Crippen molar-refractivity contribution in [1.29, 1.82) is 0 Å². The number of hydrogen-bond acceptors (Lipinski definition) is 7. The van der Waals surface area contributed by atoms with Gasteiger partial charge < -0.3 is 11.1 Å². The Morgan fingerprint density at radius 1 is 1.53 bits per heavy atom. The molecule has 0 saturated carbocycles. The Labute approximate surface area is 87.5 Å². The summed E-state index contributed by atoms with van der Waals surface area (Å²) in [6.07, 6.45) is 1.36. The molecule has 0 aliphatic heterocycles. The minimum absolute atomic E-state index is 0.0394. The Hall–Kier alpha value is -1.77. The Balaban J connectivity index is 3.43. The summed E-state index contributed by atoms with van der Waals surface area (Å²) in [5.41, 5.74) is 4.96. The molecule has 82 valence electrons. The highest BCUT2D eigenvalue weighted by molar-refractivity contribution is 7.84. The van der Waals surface area contributed by atoms with Crippen LogP contribution in [0.4, 0.5) is 17.3 Å². The summed E-state index contributed by atoms with van der Waals surface area (Å²) in [4.78, 5) is 17.2. The van der Waals surface area contributed by atoms with Crippen molar-refractivity contribution < 1.29 is 9.13 Å². The molecular formula is C6H9N5O3S. The van der Waals surface area contributed by atoms with E-state index in [1.54, 1.807) is 0 Å². The van der Waals surface area contributed by atoms with Gasteiger partial charge in [-0.15, -0.1) is 0 Å². The van der Waals surface area contributed by atoms with Gasteiger partial charge in [-0.05, 0) is 0 Å². The van der Waals surface area contributed by atoms with Gasteiger partial charge in [0, 0.05) is 13.3 Å². The molecule has 0 aliphatic carbocycles. The molecule has 1 heterocycles. The van der Waals surface area contributed by atoms with Crippen molar-refractivity contribution >= 4 is 28.1 Å². The lowest BCUT2D eigenvalue weighted by Crippen LogP contribution is -2.09. The predicted molar refractivity (Wildman–Crippen MR) is 55.0 cm³/mol. The van der Waals surface area contributed by atoms with Gasteiger partial charge in [0.05, 0.1) is 15.7 Å². The largest absolute Gasteiger partial charge is 0.378 e. The van der Waals surface area contributed by atoms with Crippen LogP contribution in [0.5, 0.6) is 0 Å². The first-order valence-electron chi connectivity index (χ1n) is 3.80. The molecular weight excluding hydrogens is 222 g/mol. The fraction of sp³-hybridized carbons (Fsp3) is 0.333. The Morgan fingerprint density at radius 3 is 2.53 bits per heavy atom. The normalized spacial score (nSPS) is 12.1. The molecule has 0 radical (unpaired) electrons. The predicted octanol–water partition coefficient (Wildman–Crippen LogP) is -0.254. The number of aromatic nitrogens is 2. The third-order valence-electron chi connectivity index (χ3n) is 1.57. The van der Waals surface area contributed by atoms with E-state index in [9.17, 15) is 14.3 Å². The van der Waals surface area contributed by atoms with Crippen molar-refractivity contribution in [2.24, 2.45) is 0 Å². The minimum Gasteiger partial charge on any atom is -0.378 e. The molecule has 0 aliphatic rings. The Morgan fingerprint density at radius 2 is 2.13 bits per heavy atom. The van der Waals surface area contributed by atoms with Crippen molar-refractivity contribution in [3.8, 4) is 0 Å². The molecule has 0 bridgehead atoms. The van der Waals surface area contributed by atoms with Gasteiger partial charge in [-0.1, -0.05) is 0 Å². The molecule has 0 aromatic carbocycles. The molecule has 0 amide bonds. The first kappa shape index (κ1) is 11.3. The third kappa shape index (κ3) is 2.18. The molecule has 3 N–H and O–H groups in total. The van der Waals surface area contributed by atoms with Gasteiger partial charge in [-0.25, -0.2) is 0 Å². The highest BCUT2D eigenvalue weighted by Crippen LogP contribution is 2.27. The van der Waals surface area contributed by atoms with Crippen LogP contribution >= 0.6 is 0 Å². The number of hydrogen-bond donors (Lipinski definition) is 2. The molecule has 1 atom stereocenters. The molecule has 1 rings (SSSR count). The lowest BCUT2D eigenvalue weighted by Gasteiger charge is -2.04. The van der Waals surface area contributed by atoms with Crippen molar-refractivity contribution in [3.05, 3.63) is 10.1 Å². The Bertz CT molecular complexity index is 435. The third-order valence-corrected chi connectivity index (χ3v) is 2.26. The van der Waals surface area contributed by atoms with Crippen LogP contribution in [0.2, 0.25) is 0 Å². The van der Waals surface area contributed by atoms with Crippen LogP contribution in [0.25, 0.3) is 0 Å². The monoisotopic (exact) mass is 231 g/mol. The van der Waals surface area contributed by atoms with Crippen LogP contribution in [0, 0.1) is 10.1 Å². The van der Waals surface area contributed by atoms with E-state index in [1.165, 1.54) is 13.3 Å². The molecule has 1 aromatic rings. The standard InChI is InChI=1S/C6H9N5O3S/c1-8-5-3(11(12)13)4(7)9-6(10-5)15(2)14/h1-2H3,(H3,7,8,9,10). The number of rotatable bonds is 3. The number of nitrogen functional groups attached to an aromatic ring is 1. The zero-order chi connectivity index (χ0) is 11.6. The zero-order valence-corrected chi connectivity index (χ0v) is 8.87. The second kappa shape index (κ2) is 4.17. The average molecular weight is 231 g/mol. The summed E-state index contributed by atoms with van der Waals surface area (Å²) < 4.78 is 11.1. The van der Waals surface area contributed by atoms with Crippen molar-refractivity contribution in [3.63, 3.8) is 0 Å². The Kier molecular flexibility index (Phi) is 3.14. The summed E-state index contributed by atoms with van der Waals surface area (Å²) in [5.74, 6) is -0.345. The van der Waals surface area contributed by atoms with Gasteiger partial charge in [0.25, 0.3) is 0 Å². The SMILES string of the molecule is CNc1nc(S(C)=O)nc(N)c1[N+](=O)[O-]. The maximum Gasteiger partial charge on any atom is 0.353 e. The van der Waals surface area contributed by atoms with E-state index in [0.717, 1.165) is 0 Å². The molecule has 9 heteroatoms.